The van der Waals surface area contributed by atoms with Crippen molar-refractivity contribution in [1.82, 2.24) is 5.32 Å². The van der Waals surface area contributed by atoms with Gasteiger partial charge in [0.1, 0.15) is 0 Å². The lowest BCUT2D eigenvalue weighted by molar-refractivity contribution is -0.120. The van der Waals surface area contributed by atoms with E-state index in [9.17, 15) is 4.79 Å². The number of hydrogen-bond acceptors (Lipinski definition) is 1. The molecule has 0 spiro atoms. The van der Waals surface area contributed by atoms with E-state index in [-0.39, 0.29) is 5.91 Å². The van der Waals surface area contributed by atoms with Crippen molar-refractivity contribution in [2.75, 3.05) is 11.9 Å². The van der Waals surface area contributed by atoms with Gasteiger partial charge in [-0.3, -0.25) is 4.79 Å². The van der Waals surface area contributed by atoms with Gasteiger partial charge in [-0.25, -0.2) is 0 Å². The van der Waals surface area contributed by atoms with Crippen LogP contribution < -0.4 is 5.32 Å². The summed E-state index contributed by atoms with van der Waals surface area (Å²) in [7, 11) is 0. The number of carbonyl (C=O) groups is 1. The van der Waals surface area contributed by atoms with E-state index in [1.54, 1.807) is 0 Å². The molecule has 0 aromatic heterocycles. The average Bonchev–Trinajstić information content (AvgIpc) is 2.33. The van der Waals surface area contributed by atoms with Gasteiger partial charge in [-0.05, 0) is 30.5 Å². The first-order valence-electron chi connectivity index (χ1n) is 6.29. The zero-order chi connectivity index (χ0) is 13.2. The van der Waals surface area contributed by atoms with E-state index in [1.165, 1.54) is 19.3 Å². The van der Waals surface area contributed by atoms with Crippen LogP contribution in [0, 0.1) is 0 Å². The minimum Gasteiger partial charge on any atom is -0.356 e. The molecular formula is C14H19BrClNO. The van der Waals surface area contributed by atoms with Crippen LogP contribution in [0.25, 0.3) is 0 Å². The van der Waals surface area contributed by atoms with Crippen LogP contribution in [-0.2, 0) is 11.2 Å². The lowest BCUT2D eigenvalue weighted by atomic mass is 10.1. The van der Waals surface area contributed by atoms with Crippen LogP contribution in [0.1, 0.15) is 31.2 Å². The maximum absolute atomic E-state index is 11.7. The first-order valence-corrected chi connectivity index (χ1v) is 7.79. The van der Waals surface area contributed by atoms with Gasteiger partial charge in [-0.15, -0.1) is 0 Å². The monoisotopic (exact) mass is 331 g/mol. The molecule has 0 aliphatic heterocycles. The van der Waals surface area contributed by atoms with Gasteiger partial charge in [-0.1, -0.05) is 52.5 Å². The molecule has 1 aromatic carbocycles. The quantitative estimate of drug-likeness (QED) is 0.567. The molecule has 0 aliphatic rings. The molecule has 0 saturated carbocycles. The molecule has 0 bridgehead atoms. The molecule has 1 rings (SSSR count). The Morgan fingerprint density at radius 1 is 1.22 bits per heavy atom. The first-order chi connectivity index (χ1) is 8.72. The van der Waals surface area contributed by atoms with Crippen LogP contribution in [0.4, 0.5) is 0 Å². The fourth-order valence-corrected chi connectivity index (χ4v) is 2.31. The van der Waals surface area contributed by atoms with Crippen molar-refractivity contribution in [2.24, 2.45) is 0 Å². The van der Waals surface area contributed by atoms with Crippen LogP contribution in [0.3, 0.4) is 0 Å². The lowest BCUT2D eigenvalue weighted by Crippen LogP contribution is -2.26. The largest absolute Gasteiger partial charge is 0.356 e. The van der Waals surface area contributed by atoms with E-state index in [0.717, 1.165) is 23.9 Å². The van der Waals surface area contributed by atoms with Crippen molar-refractivity contribution >= 4 is 33.4 Å². The molecule has 0 atom stereocenters. The fourth-order valence-electron chi connectivity index (χ4n) is 1.70. The first kappa shape index (κ1) is 15.5. The summed E-state index contributed by atoms with van der Waals surface area (Å²) in [4.78, 5) is 11.7. The number of hydrogen-bond donors (Lipinski definition) is 1. The Labute approximate surface area is 122 Å². The summed E-state index contributed by atoms with van der Waals surface area (Å²) in [6.07, 6.45) is 5.05. The topological polar surface area (TPSA) is 29.1 Å². The molecular weight excluding hydrogens is 314 g/mol. The molecule has 0 fully saturated rings. The second-order valence-electron chi connectivity index (χ2n) is 4.26. The Morgan fingerprint density at radius 2 is 2.00 bits per heavy atom. The van der Waals surface area contributed by atoms with Crippen LogP contribution >= 0.6 is 27.5 Å². The molecule has 18 heavy (non-hydrogen) atoms. The molecule has 4 heteroatoms. The molecule has 100 valence electrons. The zero-order valence-electron chi connectivity index (χ0n) is 10.4. The second-order valence-corrected chi connectivity index (χ2v) is 5.49. The minimum atomic E-state index is 0.0674. The molecule has 1 amide bonds. The normalized spacial score (nSPS) is 10.3. The number of carbonyl (C=O) groups excluding carboxylic acids is 1. The summed E-state index contributed by atoms with van der Waals surface area (Å²) < 4.78 is 0. The number of benzene rings is 1. The van der Waals surface area contributed by atoms with Gasteiger partial charge in [0.05, 0.1) is 6.42 Å². The Balaban J connectivity index is 2.14. The number of halogens is 2. The van der Waals surface area contributed by atoms with E-state index in [2.05, 4.69) is 21.2 Å². The van der Waals surface area contributed by atoms with Gasteiger partial charge in [0.25, 0.3) is 0 Å². The summed E-state index contributed by atoms with van der Waals surface area (Å²) in [6, 6.07) is 7.43. The Morgan fingerprint density at radius 3 is 2.72 bits per heavy atom. The van der Waals surface area contributed by atoms with Gasteiger partial charge < -0.3 is 5.32 Å². The highest BCUT2D eigenvalue weighted by atomic mass is 79.9. The number of amides is 1. The summed E-state index contributed by atoms with van der Waals surface area (Å²) in [5.41, 5.74) is 0.958. The van der Waals surface area contributed by atoms with Crippen molar-refractivity contribution in [3.63, 3.8) is 0 Å². The third-order valence-electron chi connectivity index (χ3n) is 2.64. The van der Waals surface area contributed by atoms with E-state index < -0.39 is 0 Å². The SMILES string of the molecule is O=C(Cc1cccc(Cl)c1)NCCCCCCBr. The third-order valence-corrected chi connectivity index (χ3v) is 3.43. The molecule has 1 N–H and O–H groups in total. The van der Waals surface area contributed by atoms with Crippen LogP contribution in [0.2, 0.25) is 5.02 Å². The maximum Gasteiger partial charge on any atom is 0.224 e. The van der Waals surface area contributed by atoms with E-state index in [1.807, 2.05) is 24.3 Å². The van der Waals surface area contributed by atoms with Crippen LogP contribution in [-0.4, -0.2) is 17.8 Å². The smallest absolute Gasteiger partial charge is 0.224 e. The average molecular weight is 333 g/mol. The number of rotatable bonds is 8. The molecule has 2 nitrogen and oxygen atoms in total. The highest BCUT2D eigenvalue weighted by Crippen LogP contribution is 2.11. The predicted octanol–water partition coefficient (Wildman–Crippen LogP) is 3.95. The van der Waals surface area contributed by atoms with Crippen LogP contribution in [0.15, 0.2) is 24.3 Å². The van der Waals surface area contributed by atoms with Gasteiger partial charge >= 0.3 is 0 Å². The summed E-state index contributed by atoms with van der Waals surface area (Å²) in [6.45, 7) is 0.766. The van der Waals surface area contributed by atoms with Gasteiger partial charge in [0, 0.05) is 16.9 Å². The van der Waals surface area contributed by atoms with Crippen molar-refractivity contribution in [2.45, 2.75) is 32.1 Å². The second kappa shape index (κ2) is 9.40. The Kier molecular flexibility index (Phi) is 8.10. The highest BCUT2D eigenvalue weighted by Gasteiger charge is 2.02. The minimum absolute atomic E-state index is 0.0674. The molecule has 1 aromatic rings. The van der Waals surface area contributed by atoms with Crippen molar-refractivity contribution in [1.29, 1.82) is 0 Å². The van der Waals surface area contributed by atoms with Gasteiger partial charge in [0.2, 0.25) is 5.91 Å². The van der Waals surface area contributed by atoms with E-state index in [4.69, 9.17) is 11.6 Å². The summed E-state index contributed by atoms with van der Waals surface area (Å²) in [5, 5.41) is 4.67. The van der Waals surface area contributed by atoms with Gasteiger partial charge in [-0.2, -0.15) is 0 Å². The van der Waals surface area contributed by atoms with Crippen molar-refractivity contribution in [3.8, 4) is 0 Å². The van der Waals surface area contributed by atoms with Gasteiger partial charge in [0.15, 0.2) is 0 Å². The Bertz CT molecular complexity index is 371. The van der Waals surface area contributed by atoms with E-state index in [0.29, 0.717) is 11.4 Å². The number of unbranched alkanes of at least 4 members (excludes halogenated alkanes) is 3. The zero-order valence-corrected chi connectivity index (χ0v) is 12.8. The summed E-state index contributed by atoms with van der Waals surface area (Å²) in [5.74, 6) is 0.0674. The Hall–Kier alpha value is -0.540. The third kappa shape index (κ3) is 7.02. The predicted molar refractivity (Wildman–Crippen MR) is 80.4 cm³/mol. The van der Waals surface area contributed by atoms with Crippen molar-refractivity contribution < 1.29 is 4.79 Å². The molecule has 0 unspecified atom stereocenters. The summed E-state index contributed by atoms with van der Waals surface area (Å²) >= 11 is 9.27. The number of nitrogens with one attached hydrogen (secondary N) is 1. The molecule has 0 aliphatic carbocycles. The molecule has 0 saturated heterocycles. The van der Waals surface area contributed by atoms with Crippen molar-refractivity contribution in [3.05, 3.63) is 34.9 Å². The highest BCUT2D eigenvalue weighted by molar-refractivity contribution is 9.09. The molecule has 0 heterocycles. The maximum atomic E-state index is 11.7. The standard InChI is InChI=1S/C14H19BrClNO/c15-8-3-1-2-4-9-17-14(18)11-12-6-5-7-13(16)10-12/h5-7,10H,1-4,8-9,11H2,(H,17,18). The van der Waals surface area contributed by atoms with Crippen LogP contribution in [0.5, 0.6) is 0 Å². The number of alkyl halides is 1. The molecule has 0 radical (unpaired) electrons. The fraction of sp³-hybridized carbons (Fsp3) is 0.500. The lowest BCUT2D eigenvalue weighted by Gasteiger charge is -2.05. The van der Waals surface area contributed by atoms with E-state index >= 15 is 0 Å².